The van der Waals surface area contributed by atoms with E-state index in [-0.39, 0.29) is 0 Å². The number of aryl methyl sites for hydroxylation is 1. The zero-order valence-corrected chi connectivity index (χ0v) is 12.3. The second kappa shape index (κ2) is 4.26. The van der Waals surface area contributed by atoms with E-state index in [4.69, 9.17) is 16.6 Å². The zero-order chi connectivity index (χ0) is 13.7. The standard InChI is InChI=1S/C15H10N2OS2/c1-9-12-13(19)11-7-8-20-15(11)18-14(12)17(16-9)10-5-3-2-4-6-10/h2-8H,1H3. The Morgan fingerprint density at radius 3 is 2.80 bits per heavy atom. The molecule has 3 nitrogen and oxygen atoms in total. The van der Waals surface area contributed by atoms with Gasteiger partial charge in [-0.1, -0.05) is 30.4 Å². The molecule has 4 rings (SSSR count). The smallest absolute Gasteiger partial charge is 0.232 e. The van der Waals surface area contributed by atoms with Crippen LogP contribution in [0.2, 0.25) is 0 Å². The molecule has 0 radical (unpaired) electrons. The monoisotopic (exact) mass is 298 g/mol. The van der Waals surface area contributed by atoms with Crippen molar-refractivity contribution in [1.29, 1.82) is 0 Å². The summed E-state index contributed by atoms with van der Waals surface area (Å²) in [5.74, 6) is 0. The molecule has 0 aliphatic carbocycles. The van der Waals surface area contributed by atoms with Gasteiger partial charge >= 0.3 is 0 Å². The van der Waals surface area contributed by atoms with Crippen molar-refractivity contribution in [3.8, 4) is 5.69 Å². The highest BCUT2D eigenvalue weighted by atomic mass is 32.1. The largest absolute Gasteiger partial charge is 0.427 e. The molecule has 3 heterocycles. The van der Waals surface area contributed by atoms with Crippen LogP contribution < -0.4 is 0 Å². The summed E-state index contributed by atoms with van der Waals surface area (Å²) in [7, 11) is 0. The Balaban J connectivity index is 2.19. The van der Waals surface area contributed by atoms with Crippen LogP contribution in [0.4, 0.5) is 0 Å². The van der Waals surface area contributed by atoms with Crippen LogP contribution in [0.25, 0.3) is 27.1 Å². The molecule has 20 heavy (non-hydrogen) atoms. The van der Waals surface area contributed by atoms with Crippen molar-refractivity contribution in [3.63, 3.8) is 0 Å². The van der Waals surface area contributed by atoms with Crippen molar-refractivity contribution >= 4 is 44.9 Å². The summed E-state index contributed by atoms with van der Waals surface area (Å²) in [5, 5.41) is 8.50. The molecular weight excluding hydrogens is 288 g/mol. The summed E-state index contributed by atoms with van der Waals surface area (Å²) in [4.78, 5) is 0.847. The second-order valence-electron chi connectivity index (χ2n) is 4.57. The third-order valence-electron chi connectivity index (χ3n) is 3.31. The first-order valence-corrected chi connectivity index (χ1v) is 7.49. The lowest BCUT2D eigenvalue weighted by atomic mass is 10.2. The van der Waals surface area contributed by atoms with Gasteiger partial charge in [0.2, 0.25) is 5.71 Å². The average molecular weight is 298 g/mol. The van der Waals surface area contributed by atoms with Gasteiger partial charge in [-0.25, -0.2) is 0 Å². The van der Waals surface area contributed by atoms with Gasteiger partial charge in [-0.15, -0.1) is 11.3 Å². The zero-order valence-electron chi connectivity index (χ0n) is 10.7. The van der Waals surface area contributed by atoms with Crippen molar-refractivity contribution in [3.05, 3.63) is 52.0 Å². The maximum absolute atomic E-state index is 6.03. The quantitative estimate of drug-likeness (QED) is 0.470. The van der Waals surface area contributed by atoms with Crippen molar-refractivity contribution in [1.82, 2.24) is 9.78 Å². The molecular formula is C15H10N2OS2. The van der Waals surface area contributed by atoms with Gasteiger partial charge < -0.3 is 4.42 Å². The predicted octanol–water partition coefficient (Wildman–Crippen LogP) is 4.87. The first-order valence-electron chi connectivity index (χ1n) is 6.21. The van der Waals surface area contributed by atoms with Crippen LogP contribution in [0, 0.1) is 11.4 Å². The average Bonchev–Trinajstić information content (AvgIpc) is 3.05. The molecule has 0 saturated carbocycles. The Morgan fingerprint density at radius 2 is 2.00 bits per heavy atom. The summed E-state index contributed by atoms with van der Waals surface area (Å²) >= 11 is 7.15. The van der Waals surface area contributed by atoms with Gasteiger partial charge in [0.05, 0.1) is 21.3 Å². The van der Waals surface area contributed by atoms with Crippen molar-refractivity contribution in [2.24, 2.45) is 0 Å². The lowest BCUT2D eigenvalue weighted by molar-refractivity contribution is 0.629. The number of rotatable bonds is 1. The number of nitrogens with zero attached hydrogens (tertiary/aromatic N) is 2. The fraction of sp³-hybridized carbons (Fsp3) is 0.0667. The third kappa shape index (κ3) is 1.57. The molecule has 0 spiro atoms. The molecule has 4 aromatic rings. The number of aromatic nitrogens is 2. The van der Waals surface area contributed by atoms with E-state index in [0.29, 0.717) is 5.71 Å². The van der Waals surface area contributed by atoms with Gasteiger partial charge in [0.15, 0.2) is 4.90 Å². The van der Waals surface area contributed by atoms with Crippen LogP contribution in [-0.4, -0.2) is 9.78 Å². The Kier molecular flexibility index (Phi) is 2.52. The van der Waals surface area contributed by atoms with Crippen LogP contribution in [0.3, 0.4) is 0 Å². The second-order valence-corrected chi connectivity index (χ2v) is 5.85. The van der Waals surface area contributed by atoms with Crippen molar-refractivity contribution in [2.45, 2.75) is 6.92 Å². The maximum atomic E-state index is 6.03. The summed E-state index contributed by atoms with van der Waals surface area (Å²) in [6, 6.07) is 12.0. The molecule has 5 heteroatoms. The van der Waals surface area contributed by atoms with Gasteiger partial charge in [0.1, 0.15) is 0 Å². The number of thiophene rings is 1. The normalized spacial score (nSPS) is 11.4. The summed E-state index contributed by atoms with van der Waals surface area (Å²) in [5.41, 5.74) is 2.58. The Bertz CT molecular complexity index is 980. The molecule has 0 unspecified atom stereocenters. The highest BCUT2D eigenvalue weighted by Gasteiger charge is 2.15. The SMILES string of the molecule is Cc1nn(-c2ccccc2)c2oc3sccc3c(=S)c12. The van der Waals surface area contributed by atoms with Crippen LogP contribution in [0.15, 0.2) is 46.2 Å². The highest BCUT2D eigenvalue weighted by molar-refractivity contribution is 7.72. The Morgan fingerprint density at radius 1 is 1.20 bits per heavy atom. The first-order chi connectivity index (χ1) is 9.75. The van der Waals surface area contributed by atoms with Gasteiger partial charge in [-0.05, 0) is 30.5 Å². The van der Waals surface area contributed by atoms with E-state index in [9.17, 15) is 0 Å². The lowest BCUT2D eigenvalue weighted by Gasteiger charge is -2.01. The third-order valence-corrected chi connectivity index (χ3v) is 4.52. The van der Waals surface area contributed by atoms with E-state index in [2.05, 4.69) is 5.10 Å². The molecule has 0 N–H and O–H groups in total. The minimum atomic E-state index is 0.716. The molecule has 0 fully saturated rings. The molecule has 98 valence electrons. The highest BCUT2D eigenvalue weighted by Crippen LogP contribution is 2.31. The van der Waals surface area contributed by atoms with Gasteiger partial charge in [0, 0.05) is 5.39 Å². The molecule has 0 amide bonds. The molecule has 0 bridgehead atoms. The van der Waals surface area contributed by atoms with Crippen molar-refractivity contribution < 1.29 is 4.42 Å². The number of fused-ring (bicyclic) bond motifs is 2. The minimum absolute atomic E-state index is 0.716. The van der Waals surface area contributed by atoms with E-state index in [0.717, 1.165) is 31.6 Å². The van der Waals surface area contributed by atoms with E-state index < -0.39 is 0 Å². The van der Waals surface area contributed by atoms with Gasteiger partial charge in [-0.2, -0.15) is 9.78 Å². The molecule has 0 atom stereocenters. The number of hydrogen-bond donors (Lipinski definition) is 0. The molecule has 0 aliphatic rings. The van der Waals surface area contributed by atoms with Crippen molar-refractivity contribution in [2.75, 3.05) is 0 Å². The molecule has 3 aromatic heterocycles. The summed E-state index contributed by atoms with van der Waals surface area (Å²) in [6.45, 7) is 1.96. The number of benzene rings is 1. The Hall–Kier alpha value is -1.98. The van der Waals surface area contributed by atoms with E-state index >= 15 is 0 Å². The fourth-order valence-corrected chi connectivity index (χ4v) is 3.58. The first kappa shape index (κ1) is 11.8. The van der Waals surface area contributed by atoms with Crippen LogP contribution >= 0.6 is 23.6 Å². The molecule has 0 aliphatic heterocycles. The maximum Gasteiger partial charge on any atom is 0.232 e. The van der Waals surface area contributed by atoms with Gasteiger partial charge in [0.25, 0.3) is 0 Å². The lowest BCUT2D eigenvalue weighted by Crippen LogP contribution is -1.95. The fourth-order valence-electron chi connectivity index (χ4n) is 2.37. The summed E-state index contributed by atoms with van der Waals surface area (Å²) in [6.07, 6.45) is 0. The van der Waals surface area contributed by atoms with Crippen LogP contribution in [0.1, 0.15) is 5.69 Å². The van der Waals surface area contributed by atoms with Crippen LogP contribution in [0.5, 0.6) is 0 Å². The van der Waals surface area contributed by atoms with Gasteiger partial charge in [-0.3, -0.25) is 0 Å². The molecule has 0 saturated heterocycles. The molecule has 1 aromatic carbocycles. The number of para-hydroxylation sites is 1. The number of hydrogen-bond acceptors (Lipinski definition) is 4. The minimum Gasteiger partial charge on any atom is -0.427 e. The predicted molar refractivity (Wildman–Crippen MR) is 84.3 cm³/mol. The van der Waals surface area contributed by atoms with E-state index in [1.54, 1.807) is 11.3 Å². The van der Waals surface area contributed by atoms with E-state index in [1.807, 2.05) is 53.4 Å². The van der Waals surface area contributed by atoms with E-state index in [1.165, 1.54) is 0 Å². The summed E-state index contributed by atoms with van der Waals surface area (Å²) < 4.78 is 8.67. The topological polar surface area (TPSA) is 31.0 Å². The van der Waals surface area contributed by atoms with Crippen LogP contribution in [-0.2, 0) is 0 Å². The Labute approximate surface area is 124 Å².